The van der Waals surface area contributed by atoms with Crippen LogP contribution in [-0.2, 0) is 0 Å². The number of thioether (sulfide) groups is 1. The van der Waals surface area contributed by atoms with Gasteiger partial charge in [0.25, 0.3) is 0 Å². The number of rotatable bonds is 6. The summed E-state index contributed by atoms with van der Waals surface area (Å²) in [5.74, 6) is 2.07. The molecule has 6 heteroatoms. The first-order chi connectivity index (χ1) is 11.3. The topological polar surface area (TPSA) is 37.8 Å². The molecule has 3 aromatic rings. The van der Waals surface area contributed by atoms with Crippen LogP contribution in [-0.4, -0.2) is 10.2 Å². The van der Waals surface area contributed by atoms with Crippen LogP contribution in [0.3, 0.4) is 0 Å². The van der Waals surface area contributed by atoms with Crippen molar-refractivity contribution in [2.75, 3.05) is 5.32 Å². The molecule has 0 atom stereocenters. The van der Waals surface area contributed by atoms with E-state index in [-0.39, 0.29) is 0 Å². The summed E-state index contributed by atoms with van der Waals surface area (Å²) in [7, 11) is 0. The van der Waals surface area contributed by atoms with E-state index in [1.165, 1.54) is 11.3 Å². The fourth-order valence-corrected chi connectivity index (χ4v) is 3.77. The molecule has 116 valence electrons. The monoisotopic (exact) mass is 359 g/mol. The summed E-state index contributed by atoms with van der Waals surface area (Å²) < 4.78 is 0. The number of nitrogens with one attached hydrogen (secondary N) is 1. The van der Waals surface area contributed by atoms with Crippen LogP contribution in [0, 0.1) is 12.7 Å². The van der Waals surface area contributed by atoms with Gasteiger partial charge in [-0.1, -0.05) is 54.1 Å². The molecule has 23 heavy (non-hydrogen) atoms. The van der Waals surface area contributed by atoms with Crippen molar-refractivity contribution in [2.45, 2.75) is 11.3 Å². The average Bonchev–Trinajstić information content (AvgIpc) is 3.01. The van der Waals surface area contributed by atoms with Gasteiger partial charge in [0.05, 0.1) is 0 Å². The van der Waals surface area contributed by atoms with E-state index in [1.807, 2.05) is 36.4 Å². The molecule has 1 heterocycles. The van der Waals surface area contributed by atoms with E-state index >= 15 is 0 Å². The van der Waals surface area contributed by atoms with E-state index in [2.05, 4.69) is 40.3 Å². The molecule has 0 aliphatic carbocycles. The summed E-state index contributed by atoms with van der Waals surface area (Å²) in [5, 5.41) is 14.1. The van der Waals surface area contributed by atoms with E-state index in [9.17, 15) is 0 Å². The zero-order chi connectivity index (χ0) is 16.1. The summed E-state index contributed by atoms with van der Waals surface area (Å²) >= 11 is 9.18. The van der Waals surface area contributed by atoms with E-state index in [0.717, 1.165) is 32.7 Å². The number of hydrogen-bond donors (Lipinski definition) is 1. The Morgan fingerprint density at radius 2 is 2.04 bits per heavy atom. The number of nitrogens with zero attached hydrogens (tertiary/aromatic N) is 2. The molecule has 3 nitrogen and oxygen atoms in total. The summed E-state index contributed by atoms with van der Waals surface area (Å²) in [6.07, 6.45) is 0.774. The summed E-state index contributed by atoms with van der Waals surface area (Å²) in [6, 6.07) is 15.7. The van der Waals surface area contributed by atoms with Crippen LogP contribution in [0.4, 0.5) is 10.8 Å². The quantitative estimate of drug-likeness (QED) is 0.541. The standard InChI is InChI=1S/C17H14ClN3S2/c1-2-10-22-15-9-4-3-8-14(15)16-20-21-17(23-16)19-13-7-5-6-12(18)11-13/h3-11H,1-2H2,(H,19,21). The van der Waals surface area contributed by atoms with Gasteiger partial charge in [-0.25, -0.2) is 0 Å². The Labute approximate surface area is 149 Å². The van der Waals surface area contributed by atoms with Gasteiger partial charge in [0.2, 0.25) is 5.13 Å². The normalized spacial score (nSPS) is 10.7. The van der Waals surface area contributed by atoms with Crippen molar-refractivity contribution in [3.63, 3.8) is 0 Å². The lowest BCUT2D eigenvalue weighted by molar-refractivity contribution is 1.09. The minimum absolute atomic E-state index is 0.685. The molecule has 0 bridgehead atoms. The molecule has 0 aliphatic rings. The van der Waals surface area contributed by atoms with Crippen LogP contribution >= 0.6 is 34.7 Å². The van der Waals surface area contributed by atoms with E-state index < -0.39 is 0 Å². The van der Waals surface area contributed by atoms with Gasteiger partial charge in [-0.2, -0.15) is 0 Å². The second kappa shape index (κ2) is 7.81. The van der Waals surface area contributed by atoms with Gasteiger partial charge in [-0.05, 0) is 30.7 Å². The predicted octanol–water partition coefficient (Wildman–Crippen LogP) is 6.08. The highest BCUT2D eigenvalue weighted by Crippen LogP contribution is 2.36. The summed E-state index contributed by atoms with van der Waals surface area (Å²) in [5.41, 5.74) is 1.98. The number of anilines is 2. The van der Waals surface area contributed by atoms with Crippen LogP contribution < -0.4 is 5.32 Å². The van der Waals surface area contributed by atoms with Gasteiger partial charge in [0.1, 0.15) is 0 Å². The van der Waals surface area contributed by atoms with Crippen molar-refractivity contribution in [1.29, 1.82) is 0 Å². The smallest absolute Gasteiger partial charge is 0.210 e. The van der Waals surface area contributed by atoms with Crippen molar-refractivity contribution >= 4 is 45.5 Å². The SMILES string of the molecule is [CH2]C[CH]Sc1ccccc1-c1nnc(Nc2cccc(Cl)c2)s1. The fraction of sp³-hybridized carbons (Fsp3) is 0.0588. The van der Waals surface area contributed by atoms with Crippen molar-refractivity contribution in [3.8, 4) is 10.6 Å². The maximum atomic E-state index is 6.00. The lowest BCUT2D eigenvalue weighted by Gasteiger charge is -2.04. The van der Waals surface area contributed by atoms with Gasteiger partial charge < -0.3 is 5.32 Å². The van der Waals surface area contributed by atoms with Crippen molar-refractivity contribution in [1.82, 2.24) is 10.2 Å². The molecule has 0 saturated carbocycles. The Hall–Kier alpha value is -1.56. The number of halogens is 1. The lowest BCUT2D eigenvalue weighted by atomic mass is 10.2. The third-order valence-electron chi connectivity index (χ3n) is 2.95. The van der Waals surface area contributed by atoms with Gasteiger partial charge >= 0.3 is 0 Å². The van der Waals surface area contributed by atoms with Crippen molar-refractivity contribution < 1.29 is 0 Å². The molecule has 0 spiro atoms. The Bertz CT molecular complexity index is 789. The Morgan fingerprint density at radius 3 is 2.87 bits per heavy atom. The van der Waals surface area contributed by atoms with Crippen LogP contribution in [0.5, 0.6) is 0 Å². The molecule has 1 N–H and O–H groups in total. The molecular formula is C17H14ClN3S2. The number of aromatic nitrogens is 2. The minimum Gasteiger partial charge on any atom is -0.330 e. The molecule has 3 rings (SSSR count). The summed E-state index contributed by atoms with van der Waals surface area (Å²) in [6.45, 7) is 3.84. The average molecular weight is 360 g/mol. The Balaban J connectivity index is 1.82. The van der Waals surface area contributed by atoms with Crippen LogP contribution in [0.2, 0.25) is 5.02 Å². The van der Waals surface area contributed by atoms with Gasteiger partial charge in [0, 0.05) is 26.9 Å². The fourth-order valence-electron chi connectivity index (χ4n) is 1.97. The second-order valence-corrected chi connectivity index (χ2v) is 7.04. The Morgan fingerprint density at radius 1 is 1.17 bits per heavy atom. The predicted molar refractivity (Wildman–Crippen MR) is 100 cm³/mol. The first-order valence-electron chi connectivity index (χ1n) is 6.99. The maximum absolute atomic E-state index is 6.00. The van der Waals surface area contributed by atoms with E-state index in [4.69, 9.17) is 11.6 Å². The third kappa shape index (κ3) is 4.25. The van der Waals surface area contributed by atoms with Gasteiger partial charge in [0.15, 0.2) is 5.01 Å². The second-order valence-electron chi connectivity index (χ2n) is 4.62. The highest BCUT2D eigenvalue weighted by atomic mass is 35.5. The largest absolute Gasteiger partial charge is 0.330 e. The van der Waals surface area contributed by atoms with Crippen molar-refractivity contribution in [3.05, 3.63) is 66.2 Å². The lowest BCUT2D eigenvalue weighted by Crippen LogP contribution is -1.88. The van der Waals surface area contributed by atoms with E-state index in [0.29, 0.717) is 5.02 Å². The molecule has 0 fully saturated rings. The molecule has 0 saturated heterocycles. The third-order valence-corrected chi connectivity index (χ3v) is 5.07. The maximum Gasteiger partial charge on any atom is 0.210 e. The number of hydrogen-bond acceptors (Lipinski definition) is 5. The molecule has 0 amide bonds. The molecular weight excluding hydrogens is 346 g/mol. The van der Waals surface area contributed by atoms with Gasteiger partial charge in [-0.15, -0.1) is 22.0 Å². The first kappa shape index (κ1) is 16.3. The highest BCUT2D eigenvalue weighted by Gasteiger charge is 2.11. The highest BCUT2D eigenvalue weighted by molar-refractivity contribution is 8.01. The van der Waals surface area contributed by atoms with Crippen LogP contribution in [0.15, 0.2) is 53.4 Å². The zero-order valence-corrected chi connectivity index (χ0v) is 14.6. The minimum atomic E-state index is 0.685. The van der Waals surface area contributed by atoms with E-state index in [1.54, 1.807) is 11.8 Å². The molecule has 0 unspecified atom stereocenters. The van der Waals surface area contributed by atoms with Crippen LogP contribution in [0.25, 0.3) is 10.6 Å². The van der Waals surface area contributed by atoms with Gasteiger partial charge in [-0.3, -0.25) is 0 Å². The van der Waals surface area contributed by atoms with Crippen LogP contribution in [0.1, 0.15) is 6.42 Å². The summed E-state index contributed by atoms with van der Waals surface area (Å²) in [4.78, 5) is 1.15. The molecule has 1 aromatic heterocycles. The number of benzene rings is 2. The zero-order valence-electron chi connectivity index (χ0n) is 12.2. The molecule has 2 aromatic carbocycles. The first-order valence-corrected chi connectivity index (χ1v) is 9.07. The molecule has 0 aliphatic heterocycles. The molecule has 2 radical (unpaired) electrons. The Kier molecular flexibility index (Phi) is 5.54. The van der Waals surface area contributed by atoms with Crippen molar-refractivity contribution in [2.24, 2.45) is 0 Å².